The van der Waals surface area contributed by atoms with Crippen molar-refractivity contribution in [1.82, 2.24) is 15.6 Å². The van der Waals surface area contributed by atoms with E-state index in [0.29, 0.717) is 18.5 Å². The van der Waals surface area contributed by atoms with E-state index < -0.39 is 40.6 Å². The summed E-state index contributed by atoms with van der Waals surface area (Å²) in [6.45, 7) is 7.35. The van der Waals surface area contributed by atoms with Crippen molar-refractivity contribution < 1.29 is 47.1 Å². The molecule has 16 heteroatoms. The first-order valence-corrected chi connectivity index (χ1v) is 12.9. The van der Waals surface area contributed by atoms with Crippen LogP contribution in [0.25, 0.3) is 0 Å². The van der Waals surface area contributed by atoms with Gasteiger partial charge in [0.05, 0.1) is 23.9 Å². The van der Waals surface area contributed by atoms with Crippen molar-refractivity contribution >= 4 is 35.3 Å². The molecule has 1 atom stereocenters. The van der Waals surface area contributed by atoms with E-state index >= 15 is 0 Å². The number of rotatable bonds is 12. The van der Waals surface area contributed by atoms with Gasteiger partial charge in [-0.1, -0.05) is 12.1 Å². The Kier molecular flexibility index (Phi) is 14.0. The average Bonchev–Trinajstić information content (AvgIpc) is 2.88. The summed E-state index contributed by atoms with van der Waals surface area (Å²) in [6.07, 6.45) is -2.86. The van der Waals surface area contributed by atoms with E-state index in [-0.39, 0.29) is 31.0 Å². The number of hydrogen-bond donors (Lipinski definition) is 4. The van der Waals surface area contributed by atoms with Crippen LogP contribution in [0, 0.1) is 17.0 Å². The van der Waals surface area contributed by atoms with E-state index in [1.807, 2.05) is 19.1 Å². The number of non-ortho nitro benzene ring substituents is 1. The molecule has 0 saturated carbocycles. The van der Waals surface area contributed by atoms with Gasteiger partial charge in [0.2, 0.25) is 11.8 Å². The Bertz CT molecular complexity index is 1280. The third-order valence-electron chi connectivity index (χ3n) is 5.10. The van der Waals surface area contributed by atoms with Crippen LogP contribution in [-0.2, 0) is 23.9 Å². The molecule has 4 N–H and O–H groups in total. The minimum atomic E-state index is -5.08. The molecule has 236 valence electrons. The van der Waals surface area contributed by atoms with Gasteiger partial charge in [-0.3, -0.25) is 24.5 Å². The maximum absolute atomic E-state index is 12.5. The number of aromatic nitrogens is 1. The molecule has 0 aliphatic rings. The maximum Gasteiger partial charge on any atom is 0.490 e. The van der Waals surface area contributed by atoms with Crippen molar-refractivity contribution in [3.05, 3.63) is 63.8 Å². The molecule has 1 aromatic heterocycles. The number of nitrogens with zero attached hydrogens (tertiary/aromatic N) is 2. The first kappa shape index (κ1) is 36.3. The molecule has 0 saturated heterocycles. The minimum Gasteiger partial charge on any atom is -0.475 e. The van der Waals surface area contributed by atoms with Crippen LogP contribution in [0.4, 0.5) is 24.7 Å². The number of amides is 2. The molecule has 0 fully saturated rings. The number of alkyl halides is 3. The first-order chi connectivity index (χ1) is 19.9. The van der Waals surface area contributed by atoms with Gasteiger partial charge in [0.25, 0.3) is 5.69 Å². The van der Waals surface area contributed by atoms with Crippen LogP contribution in [0.1, 0.15) is 57.2 Å². The summed E-state index contributed by atoms with van der Waals surface area (Å²) in [7, 11) is 0. The summed E-state index contributed by atoms with van der Waals surface area (Å²) in [4.78, 5) is 60.7. The van der Waals surface area contributed by atoms with Gasteiger partial charge in [-0.15, -0.1) is 0 Å². The zero-order chi connectivity index (χ0) is 32.8. The van der Waals surface area contributed by atoms with Gasteiger partial charge >= 0.3 is 18.1 Å². The SMILES string of the molecule is Cc1ccnc(NCCCC(=O)NCC(=O)NC(CC(=O)OC(C)(C)C)c2cccc([N+](=O)[O-])c2)c1.O=C(O)C(F)(F)F. The summed E-state index contributed by atoms with van der Waals surface area (Å²) < 4.78 is 37.1. The van der Waals surface area contributed by atoms with Gasteiger partial charge in [0.15, 0.2) is 0 Å². The number of ether oxygens (including phenoxy) is 1. The summed E-state index contributed by atoms with van der Waals surface area (Å²) in [5.41, 5.74) is 0.558. The minimum absolute atomic E-state index is 0.168. The van der Waals surface area contributed by atoms with Gasteiger partial charge in [-0.05, 0) is 57.4 Å². The lowest BCUT2D eigenvalue weighted by Gasteiger charge is -2.23. The predicted octanol–water partition coefficient (Wildman–Crippen LogP) is 3.83. The normalized spacial score (nSPS) is 11.7. The molecular weight excluding hydrogens is 579 g/mol. The number of esters is 1. The molecule has 0 aliphatic heterocycles. The molecule has 0 spiro atoms. The van der Waals surface area contributed by atoms with E-state index in [1.165, 1.54) is 18.2 Å². The summed E-state index contributed by atoms with van der Waals surface area (Å²) in [5, 5.41) is 26.6. The number of pyridine rings is 1. The topological polar surface area (TPSA) is 190 Å². The molecule has 0 bridgehead atoms. The number of carbonyl (C=O) groups excluding carboxylic acids is 3. The monoisotopic (exact) mass is 613 g/mol. The molecule has 0 radical (unpaired) electrons. The molecule has 1 aromatic carbocycles. The van der Waals surface area contributed by atoms with Crippen molar-refractivity contribution in [3.8, 4) is 0 Å². The molecular formula is C27H34F3N5O8. The first-order valence-electron chi connectivity index (χ1n) is 12.9. The lowest BCUT2D eigenvalue weighted by Crippen LogP contribution is -2.39. The van der Waals surface area contributed by atoms with Gasteiger partial charge in [-0.25, -0.2) is 9.78 Å². The second-order valence-corrected chi connectivity index (χ2v) is 10.1. The summed E-state index contributed by atoms with van der Waals surface area (Å²) >= 11 is 0. The molecule has 1 unspecified atom stereocenters. The number of anilines is 1. The Labute approximate surface area is 245 Å². The number of nitro benzene ring substituents is 1. The van der Waals surface area contributed by atoms with Crippen molar-refractivity contribution in [2.24, 2.45) is 0 Å². The average molecular weight is 614 g/mol. The third-order valence-corrected chi connectivity index (χ3v) is 5.10. The number of benzene rings is 1. The van der Waals surface area contributed by atoms with Crippen LogP contribution < -0.4 is 16.0 Å². The number of aliphatic carboxylic acids is 1. The Morgan fingerprint density at radius 1 is 1.09 bits per heavy atom. The van der Waals surface area contributed by atoms with Crippen molar-refractivity contribution in [2.75, 3.05) is 18.4 Å². The zero-order valence-corrected chi connectivity index (χ0v) is 24.0. The van der Waals surface area contributed by atoms with Gasteiger partial charge in [-0.2, -0.15) is 13.2 Å². The highest BCUT2D eigenvalue weighted by Gasteiger charge is 2.38. The fourth-order valence-corrected chi connectivity index (χ4v) is 3.27. The highest BCUT2D eigenvalue weighted by atomic mass is 19.4. The molecule has 0 aliphatic carbocycles. The number of halogens is 3. The summed E-state index contributed by atoms with van der Waals surface area (Å²) in [5.74, 6) is -3.44. The van der Waals surface area contributed by atoms with Crippen molar-refractivity contribution in [3.63, 3.8) is 0 Å². The predicted molar refractivity (Wildman–Crippen MR) is 148 cm³/mol. The number of carboxylic acids is 1. The van der Waals surface area contributed by atoms with Crippen LogP contribution in [0.2, 0.25) is 0 Å². The van der Waals surface area contributed by atoms with Gasteiger partial charge in [0.1, 0.15) is 11.4 Å². The number of carbonyl (C=O) groups is 4. The number of hydrogen-bond acceptors (Lipinski definition) is 9. The van der Waals surface area contributed by atoms with Gasteiger partial charge in [0, 0.05) is 31.3 Å². The van der Waals surface area contributed by atoms with Gasteiger partial charge < -0.3 is 25.8 Å². The lowest BCUT2D eigenvalue weighted by molar-refractivity contribution is -0.384. The van der Waals surface area contributed by atoms with E-state index in [0.717, 1.165) is 11.4 Å². The Morgan fingerprint density at radius 2 is 1.74 bits per heavy atom. The number of nitrogens with one attached hydrogen (secondary N) is 3. The third kappa shape index (κ3) is 15.7. The summed E-state index contributed by atoms with van der Waals surface area (Å²) in [6, 6.07) is 8.60. The molecule has 43 heavy (non-hydrogen) atoms. The Morgan fingerprint density at radius 3 is 2.30 bits per heavy atom. The Balaban J connectivity index is 0.00000117. The Hall–Kier alpha value is -4.76. The zero-order valence-electron chi connectivity index (χ0n) is 24.0. The van der Waals surface area contributed by atoms with Crippen LogP contribution in [0.3, 0.4) is 0 Å². The molecule has 2 aromatic rings. The highest BCUT2D eigenvalue weighted by Crippen LogP contribution is 2.23. The van der Waals surface area contributed by atoms with E-state index in [2.05, 4.69) is 20.9 Å². The van der Waals surface area contributed by atoms with E-state index in [1.54, 1.807) is 33.0 Å². The fraction of sp³-hybridized carbons (Fsp3) is 0.444. The second kappa shape index (κ2) is 16.6. The quantitative estimate of drug-likeness (QED) is 0.118. The largest absolute Gasteiger partial charge is 0.490 e. The molecule has 13 nitrogen and oxygen atoms in total. The standard InChI is InChI=1S/C25H33N5O6.C2HF3O2/c1-17-10-12-27-21(13-17)26-11-6-9-22(31)28-16-23(32)29-20(15-24(33)36-25(2,3)4)18-7-5-8-19(14-18)30(34)35;3-2(4,5)1(6)7/h5,7-8,10,12-14,20H,6,9,11,15-16H2,1-4H3,(H,26,27)(H,28,31)(H,29,32);(H,6,7). The second-order valence-electron chi connectivity index (χ2n) is 10.1. The molecule has 2 amide bonds. The number of aryl methyl sites for hydroxylation is 1. The molecule has 2 rings (SSSR count). The highest BCUT2D eigenvalue weighted by molar-refractivity contribution is 5.85. The smallest absolute Gasteiger partial charge is 0.475 e. The molecule has 1 heterocycles. The van der Waals surface area contributed by atoms with Crippen LogP contribution in [0.15, 0.2) is 42.6 Å². The maximum atomic E-state index is 12.5. The van der Waals surface area contributed by atoms with E-state index in [4.69, 9.17) is 14.6 Å². The van der Waals surface area contributed by atoms with Crippen molar-refractivity contribution in [1.29, 1.82) is 0 Å². The van der Waals surface area contributed by atoms with E-state index in [9.17, 15) is 37.7 Å². The number of nitro groups is 1. The fourth-order valence-electron chi connectivity index (χ4n) is 3.27. The lowest BCUT2D eigenvalue weighted by atomic mass is 10.0. The van der Waals surface area contributed by atoms with Crippen molar-refractivity contribution in [2.45, 2.75) is 64.8 Å². The number of carboxylic acid groups (broad SMARTS) is 1. The van der Waals surface area contributed by atoms with Crippen LogP contribution in [0.5, 0.6) is 0 Å². The van der Waals surface area contributed by atoms with Crippen LogP contribution >= 0.6 is 0 Å². The van der Waals surface area contributed by atoms with Crippen LogP contribution in [-0.4, -0.2) is 63.6 Å².